The lowest BCUT2D eigenvalue weighted by atomic mass is 9.90. The molecule has 2 rings (SSSR count). The van der Waals surface area contributed by atoms with Crippen LogP contribution in [0.4, 0.5) is 0 Å². The standard InChI is InChI=1S/C9H15N3O4S/c1-16-8-2-7(3-8)12-17(14,15)9-6(5-13)4-10-11-9/h4,7-8,12-13H,2-3,5H2,1H3,(H,10,11). The molecule has 0 aliphatic heterocycles. The van der Waals surface area contributed by atoms with E-state index in [-0.39, 0.29) is 29.3 Å². The van der Waals surface area contributed by atoms with Crippen LogP contribution in [0.3, 0.4) is 0 Å². The minimum atomic E-state index is -3.64. The Morgan fingerprint density at radius 1 is 1.65 bits per heavy atom. The Hall–Kier alpha value is -0.960. The number of hydrogen-bond acceptors (Lipinski definition) is 5. The molecule has 1 aliphatic rings. The Kier molecular flexibility index (Phi) is 3.48. The average Bonchev–Trinajstić information content (AvgIpc) is 2.71. The molecule has 0 saturated heterocycles. The molecule has 96 valence electrons. The molecule has 0 amide bonds. The molecule has 8 heteroatoms. The van der Waals surface area contributed by atoms with Crippen molar-refractivity contribution in [2.45, 2.75) is 36.6 Å². The summed E-state index contributed by atoms with van der Waals surface area (Å²) in [7, 11) is -2.03. The van der Waals surface area contributed by atoms with Gasteiger partial charge in [-0.15, -0.1) is 0 Å². The summed E-state index contributed by atoms with van der Waals surface area (Å²) in [5.41, 5.74) is 0.264. The summed E-state index contributed by atoms with van der Waals surface area (Å²) in [5, 5.41) is 14.9. The van der Waals surface area contributed by atoms with Crippen molar-refractivity contribution in [3.8, 4) is 0 Å². The second-order valence-corrected chi connectivity index (χ2v) is 5.68. The maximum Gasteiger partial charge on any atom is 0.258 e. The van der Waals surface area contributed by atoms with E-state index in [2.05, 4.69) is 14.9 Å². The van der Waals surface area contributed by atoms with Crippen molar-refractivity contribution >= 4 is 10.0 Å². The summed E-state index contributed by atoms with van der Waals surface area (Å²) >= 11 is 0. The maximum absolute atomic E-state index is 11.9. The van der Waals surface area contributed by atoms with Crippen LogP contribution in [0.15, 0.2) is 11.2 Å². The molecule has 1 aromatic heterocycles. The van der Waals surface area contributed by atoms with Gasteiger partial charge in [0.15, 0.2) is 5.03 Å². The molecule has 0 atom stereocenters. The van der Waals surface area contributed by atoms with Crippen molar-refractivity contribution in [3.63, 3.8) is 0 Å². The third-order valence-corrected chi connectivity index (χ3v) is 4.40. The Balaban J connectivity index is 2.05. The second kappa shape index (κ2) is 4.73. The van der Waals surface area contributed by atoms with E-state index in [1.54, 1.807) is 7.11 Å². The zero-order valence-corrected chi connectivity index (χ0v) is 10.2. The van der Waals surface area contributed by atoms with E-state index in [0.29, 0.717) is 12.8 Å². The summed E-state index contributed by atoms with van der Waals surface area (Å²) in [6.07, 6.45) is 2.76. The van der Waals surface area contributed by atoms with Crippen LogP contribution in [0.1, 0.15) is 18.4 Å². The topological polar surface area (TPSA) is 104 Å². The number of rotatable bonds is 5. The molecular weight excluding hydrogens is 246 g/mol. The molecule has 17 heavy (non-hydrogen) atoms. The fourth-order valence-corrected chi connectivity index (χ4v) is 3.16. The van der Waals surface area contributed by atoms with Crippen LogP contribution < -0.4 is 4.72 Å². The number of hydrogen-bond donors (Lipinski definition) is 3. The molecule has 0 spiro atoms. The number of aliphatic hydroxyl groups excluding tert-OH is 1. The molecule has 1 heterocycles. The van der Waals surface area contributed by atoms with Gasteiger partial charge in [0.05, 0.1) is 18.9 Å². The molecular formula is C9H15N3O4S. The molecule has 1 fully saturated rings. The predicted octanol–water partition coefficient (Wildman–Crippen LogP) is -0.642. The second-order valence-electron chi connectivity index (χ2n) is 4.03. The first-order valence-corrected chi connectivity index (χ1v) is 6.73. The number of H-pyrrole nitrogens is 1. The van der Waals surface area contributed by atoms with Crippen LogP contribution in [0.5, 0.6) is 0 Å². The van der Waals surface area contributed by atoms with Gasteiger partial charge in [-0.25, -0.2) is 13.1 Å². The van der Waals surface area contributed by atoms with Crippen LogP contribution in [0.2, 0.25) is 0 Å². The number of nitrogens with zero attached hydrogens (tertiary/aromatic N) is 1. The lowest BCUT2D eigenvalue weighted by Gasteiger charge is -2.34. The zero-order chi connectivity index (χ0) is 12.5. The van der Waals surface area contributed by atoms with E-state index in [4.69, 9.17) is 9.84 Å². The Labute approximate surface area is 99.2 Å². The highest BCUT2D eigenvalue weighted by Crippen LogP contribution is 2.24. The summed E-state index contributed by atoms with van der Waals surface area (Å²) in [6.45, 7) is -0.363. The monoisotopic (exact) mass is 261 g/mol. The Bertz CT molecular complexity index is 478. The van der Waals surface area contributed by atoms with Crippen molar-refractivity contribution < 1.29 is 18.3 Å². The lowest BCUT2D eigenvalue weighted by molar-refractivity contribution is 0.0236. The molecule has 0 radical (unpaired) electrons. The summed E-state index contributed by atoms with van der Waals surface area (Å²) < 4.78 is 31.5. The van der Waals surface area contributed by atoms with E-state index in [1.165, 1.54) is 6.20 Å². The van der Waals surface area contributed by atoms with Gasteiger partial charge in [-0.2, -0.15) is 5.10 Å². The van der Waals surface area contributed by atoms with Gasteiger partial charge in [-0.3, -0.25) is 5.10 Å². The van der Waals surface area contributed by atoms with Gasteiger partial charge in [0.2, 0.25) is 0 Å². The van der Waals surface area contributed by atoms with Gasteiger partial charge in [-0.05, 0) is 12.8 Å². The lowest BCUT2D eigenvalue weighted by Crippen LogP contribution is -2.47. The predicted molar refractivity (Wildman–Crippen MR) is 58.7 cm³/mol. The highest BCUT2D eigenvalue weighted by molar-refractivity contribution is 7.89. The van der Waals surface area contributed by atoms with Crippen LogP contribution >= 0.6 is 0 Å². The zero-order valence-electron chi connectivity index (χ0n) is 9.38. The first-order valence-electron chi connectivity index (χ1n) is 5.25. The van der Waals surface area contributed by atoms with E-state index in [1.807, 2.05) is 0 Å². The quantitative estimate of drug-likeness (QED) is 0.654. The average molecular weight is 261 g/mol. The van der Waals surface area contributed by atoms with Crippen LogP contribution in [0.25, 0.3) is 0 Å². The normalized spacial score (nSPS) is 24.6. The fourth-order valence-electron chi connectivity index (χ4n) is 1.78. The first-order chi connectivity index (χ1) is 8.06. The Morgan fingerprint density at radius 3 is 2.94 bits per heavy atom. The van der Waals surface area contributed by atoms with Crippen molar-refractivity contribution in [1.29, 1.82) is 0 Å². The molecule has 1 aromatic rings. The van der Waals surface area contributed by atoms with Gasteiger partial charge in [0, 0.05) is 18.7 Å². The minimum absolute atomic E-state index is 0.0686. The largest absolute Gasteiger partial charge is 0.392 e. The summed E-state index contributed by atoms with van der Waals surface area (Å²) in [5.74, 6) is 0. The van der Waals surface area contributed by atoms with Crippen molar-refractivity contribution in [3.05, 3.63) is 11.8 Å². The number of aromatic nitrogens is 2. The molecule has 0 bridgehead atoms. The fraction of sp³-hybridized carbons (Fsp3) is 0.667. The van der Waals surface area contributed by atoms with Gasteiger partial charge in [0.1, 0.15) is 0 Å². The molecule has 1 aliphatic carbocycles. The number of methoxy groups -OCH3 is 1. The Morgan fingerprint density at radius 2 is 2.35 bits per heavy atom. The minimum Gasteiger partial charge on any atom is -0.392 e. The molecule has 1 saturated carbocycles. The van der Waals surface area contributed by atoms with E-state index in [0.717, 1.165) is 0 Å². The summed E-state index contributed by atoms with van der Waals surface area (Å²) in [6, 6.07) is -0.111. The smallest absolute Gasteiger partial charge is 0.258 e. The molecule has 0 aromatic carbocycles. The molecule has 7 nitrogen and oxygen atoms in total. The number of aliphatic hydroxyl groups is 1. The van der Waals surface area contributed by atoms with Crippen molar-refractivity contribution in [1.82, 2.24) is 14.9 Å². The first kappa shape index (κ1) is 12.5. The third-order valence-electron chi connectivity index (χ3n) is 2.87. The highest BCUT2D eigenvalue weighted by atomic mass is 32.2. The number of ether oxygens (including phenoxy) is 1. The van der Waals surface area contributed by atoms with Gasteiger partial charge < -0.3 is 9.84 Å². The van der Waals surface area contributed by atoms with Crippen LogP contribution in [-0.4, -0.2) is 43.0 Å². The number of nitrogens with one attached hydrogen (secondary N) is 2. The van der Waals surface area contributed by atoms with Crippen LogP contribution in [-0.2, 0) is 21.4 Å². The summed E-state index contributed by atoms with van der Waals surface area (Å²) in [4.78, 5) is 0. The van der Waals surface area contributed by atoms with Crippen molar-refractivity contribution in [2.75, 3.05) is 7.11 Å². The van der Waals surface area contributed by atoms with E-state index >= 15 is 0 Å². The molecule has 3 N–H and O–H groups in total. The number of sulfonamides is 1. The van der Waals surface area contributed by atoms with Crippen LogP contribution in [0, 0.1) is 0 Å². The van der Waals surface area contributed by atoms with Crippen molar-refractivity contribution in [2.24, 2.45) is 0 Å². The number of aromatic amines is 1. The van der Waals surface area contributed by atoms with Gasteiger partial charge >= 0.3 is 0 Å². The SMILES string of the molecule is COC1CC(NS(=O)(=O)c2[nH]ncc2CO)C1. The third kappa shape index (κ3) is 2.49. The highest BCUT2D eigenvalue weighted by Gasteiger charge is 2.33. The van der Waals surface area contributed by atoms with Gasteiger partial charge in [-0.1, -0.05) is 0 Å². The van der Waals surface area contributed by atoms with E-state index < -0.39 is 10.0 Å². The van der Waals surface area contributed by atoms with Gasteiger partial charge in [0.25, 0.3) is 10.0 Å². The molecule has 0 unspecified atom stereocenters. The maximum atomic E-state index is 11.9. The van der Waals surface area contributed by atoms with E-state index in [9.17, 15) is 8.42 Å².